The number of nitrogens with zero attached hydrogens (tertiary/aromatic N) is 1. The molecule has 0 heterocycles. The average Bonchev–Trinajstić information content (AvgIpc) is 2.38. The molecule has 0 bridgehead atoms. The summed E-state index contributed by atoms with van der Waals surface area (Å²) in [4.78, 5) is 12.2. The van der Waals surface area contributed by atoms with Crippen LogP contribution in [0.3, 0.4) is 0 Å². The molecule has 0 aromatic heterocycles. The summed E-state index contributed by atoms with van der Waals surface area (Å²) in [5.74, 6) is 3.24. The van der Waals surface area contributed by atoms with Crippen molar-refractivity contribution in [3.63, 3.8) is 0 Å². The highest BCUT2D eigenvalue weighted by Crippen LogP contribution is 2.18. The molecule has 0 saturated carbocycles. The van der Waals surface area contributed by atoms with Crippen molar-refractivity contribution in [3.8, 4) is 11.8 Å². The van der Waals surface area contributed by atoms with Crippen LogP contribution >= 0.6 is 0 Å². The normalized spacial score (nSPS) is 10.8. The molecule has 21 heavy (non-hydrogen) atoms. The zero-order valence-corrected chi connectivity index (χ0v) is 11.2. The van der Waals surface area contributed by atoms with E-state index >= 15 is 0 Å². The van der Waals surface area contributed by atoms with E-state index in [1.54, 1.807) is 0 Å². The van der Waals surface area contributed by atoms with Gasteiger partial charge in [-0.3, -0.25) is 4.79 Å². The monoisotopic (exact) mass is 303 g/mol. The van der Waals surface area contributed by atoms with Crippen molar-refractivity contribution in [1.29, 1.82) is 0 Å². The second-order valence-electron chi connectivity index (χ2n) is 4.25. The average molecular weight is 303 g/mol. The zero-order valence-electron chi connectivity index (χ0n) is 11.2. The Morgan fingerprint density at radius 1 is 1.38 bits per heavy atom. The van der Waals surface area contributed by atoms with Gasteiger partial charge in [0.25, 0.3) is 5.91 Å². The standard InChI is InChI=1S/C14H13F4NO2/c1-19(9-14(16,17)18)13(21)11-6-5-10(12(15)8-11)4-2-3-7-20/h5-6,8,20H,3,7,9H2,1H3. The van der Waals surface area contributed by atoms with Crippen molar-refractivity contribution in [2.24, 2.45) is 0 Å². The molecule has 1 aromatic rings. The van der Waals surface area contributed by atoms with Gasteiger partial charge in [0.05, 0.1) is 12.2 Å². The first kappa shape index (κ1) is 17.0. The number of benzene rings is 1. The van der Waals surface area contributed by atoms with Crippen LogP contribution in [-0.4, -0.2) is 42.3 Å². The number of halogens is 4. The number of aliphatic hydroxyl groups is 1. The third-order valence-electron chi connectivity index (χ3n) is 2.44. The van der Waals surface area contributed by atoms with Gasteiger partial charge < -0.3 is 10.0 Å². The number of hydrogen-bond acceptors (Lipinski definition) is 2. The summed E-state index contributed by atoms with van der Waals surface area (Å²) in [5.41, 5.74) is -0.176. The number of alkyl halides is 3. The van der Waals surface area contributed by atoms with Gasteiger partial charge in [-0.25, -0.2) is 4.39 Å². The molecule has 0 aliphatic carbocycles. The summed E-state index contributed by atoms with van der Waals surface area (Å²) in [6, 6.07) is 3.27. The van der Waals surface area contributed by atoms with Crippen LogP contribution in [0.25, 0.3) is 0 Å². The van der Waals surface area contributed by atoms with E-state index in [1.807, 2.05) is 0 Å². The van der Waals surface area contributed by atoms with Crippen molar-refractivity contribution in [2.75, 3.05) is 20.2 Å². The summed E-state index contributed by atoms with van der Waals surface area (Å²) in [6.45, 7) is -1.57. The van der Waals surface area contributed by atoms with Crippen LogP contribution < -0.4 is 0 Å². The lowest BCUT2D eigenvalue weighted by Crippen LogP contribution is -2.35. The lowest BCUT2D eigenvalue weighted by Gasteiger charge is -2.19. The van der Waals surface area contributed by atoms with Gasteiger partial charge in [0, 0.05) is 19.0 Å². The lowest BCUT2D eigenvalue weighted by atomic mass is 10.1. The van der Waals surface area contributed by atoms with E-state index in [-0.39, 0.29) is 24.2 Å². The first-order chi connectivity index (χ1) is 9.74. The van der Waals surface area contributed by atoms with E-state index in [1.165, 1.54) is 12.1 Å². The largest absolute Gasteiger partial charge is 0.406 e. The molecule has 1 aromatic carbocycles. The van der Waals surface area contributed by atoms with Crippen molar-refractivity contribution in [2.45, 2.75) is 12.6 Å². The quantitative estimate of drug-likeness (QED) is 0.687. The van der Waals surface area contributed by atoms with Gasteiger partial charge in [0.2, 0.25) is 0 Å². The second kappa shape index (κ2) is 7.09. The van der Waals surface area contributed by atoms with E-state index < -0.39 is 24.4 Å². The minimum atomic E-state index is -4.52. The summed E-state index contributed by atoms with van der Waals surface area (Å²) in [6.07, 6.45) is -4.34. The SMILES string of the molecule is CN(CC(F)(F)F)C(=O)c1ccc(C#CCCO)c(F)c1. The number of carbonyl (C=O) groups excluding carboxylic acids is 1. The van der Waals surface area contributed by atoms with Gasteiger partial charge in [0.15, 0.2) is 0 Å². The van der Waals surface area contributed by atoms with Gasteiger partial charge in [-0.05, 0) is 18.2 Å². The first-order valence-electron chi connectivity index (χ1n) is 5.96. The zero-order chi connectivity index (χ0) is 16.0. The second-order valence-corrected chi connectivity index (χ2v) is 4.25. The third kappa shape index (κ3) is 5.44. The first-order valence-corrected chi connectivity index (χ1v) is 5.96. The molecule has 1 rings (SSSR count). The van der Waals surface area contributed by atoms with E-state index in [2.05, 4.69) is 11.8 Å². The molecule has 0 fully saturated rings. The molecule has 0 aliphatic heterocycles. The van der Waals surface area contributed by atoms with Crippen molar-refractivity contribution in [3.05, 3.63) is 35.1 Å². The summed E-state index contributed by atoms with van der Waals surface area (Å²) in [5, 5.41) is 8.55. The molecular formula is C14H13F4NO2. The van der Waals surface area contributed by atoms with Crippen LogP contribution in [0.15, 0.2) is 18.2 Å². The predicted molar refractivity (Wildman–Crippen MR) is 68.0 cm³/mol. The molecule has 1 N–H and O–H groups in total. The molecular weight excluding hydrogens is 290 g/mol. The Kier molecular flexibility index (Phi) is 5.73. The summed E-state index contributed by atoms with van der Waals surface area (Å²) >= 11 is 0. The maximum absolute atomic E-state index is 13.7. The van der Waals surface area contributed by atoms with Crippen LogP contribution in [0.2, 0.25) is 0 Å². The van der Waals surface area contributed by atoms with Crippen molar-refractivity contribution < 1.29 is 27.5 Å². The van der Waals surface area contributed by atoms with Crippen LogP contribution in [0.1, 0.15) is 22.3 Å². The van der Waals surface area contributed by atoms with Gasteiger partial charge in [-0.1, -0.05) is 11.8 Å². The Bertz CT molecular complexity index is 573. The predicted octanol–water partition coefficient (Wildman–Crippen LogP) is 2.19. The maximum Gasteiger partial charge on any atom is 0.406 e. The number of amides is 1. The molecule has 0 radical (unpaired) electrons. The fourth-order valence-electron chi connectivity index (χ4n) is 1.52. The fraction of sp³-hybridized carbons (Fsp3) is 0.357. The molecule has 7 heteroatoms. The molecule has 114 valence electrons. The molecule has 0 aliphatic rings. The van der Waals surface area contributed by atoms with E-state index in [0.29, 0.717) is 4.90 Å². The minimum Gasteiger partial charge on any atom is -0.395 e. The Hall–Kier alpha value is -2.07. The summed E-state index contributed by atoms with van der Waals surface area (Å²) in [7, 11) is 0.989. The Morgan fingerprint density at radius 3 is 2.57 bits per heavy atom. The third-order valence-corrected chi connectivity index (χ3v) is 2.44. The highest BCUT2D eigenvalue weighted by molar-refractivity contribution is 5.94. The topological polar surface area (TPSA) is 40.5 Å². The minimum absolute atomic E-state index is 0.0125. The summed E-state index contributed by atoms with van der Waals surface area (Å²) < 4.78 is 50.3. The number of carbonyl (C=O) groups is 1. The lowest BCUT2D eigenvalue weighted by molar-refractivity contribution is -0.138. The smallest absolute Gasteiger partial charge is 0.395 e. The number of aliphatic hydroxyl groups excluding tert-OH is 1. The van der Waals surface area contributed by atoms with Gasteiger partial charge in [-0.15, -0.1) is 0 Å². The van der Waals surface area contributed by atoms with Crippen LogP contribution in [0.4, 0.5) is 17.6 Å². The van der Waals surface area contributed by atoms with Crippen molar-refractivity contribution in [1.82, 2.24) is 4.90 Å². The Morgan fingerprint density at radius 2 is 2.05 bits per heavy atom. The fourth-order valence-corrected chi connectivity index (χ4v) is 1.52. The highest BCUT2D eigenvalue weighted by Gasteiger charge is 2.31. The molecule has 0 spiro atoms. The van der Waals surface area contributed by atoms with Gasteiger partial charge >= 0.3 is 6.18 Å². The molecule has 0 saturated heterocycles. The van der Waals surface area contributed by atoms with Gasteiger partial charge in [0.1, 0.15) is 12.4 Å². The molecule has 0 unspecified atom stereocenters. The van der Waals surface area contributed by atoms with E-state index in [4.69, 9.17) is 5.11 Å². The van der Waals surface area contributed by atoms with Gasteiger partial charge in [-0.2, -0.15) is 13.2 Å². The van der Waals surface area contributed by atoms with Crippen LogP contribution in [-0.2, 0) is 0 Å². The van der Waals surface area contributed by atoms with Crippen LogP contribution in [0, 0.1) is 17.7 Å². The number of rotatable bonds is 3. The van der Waals surface area contributed by atoms with E-state index in [9.17, 15) is 22.4 Å². The molecule has 0 atom stereocenters. The Labute approximate surface area is 119 Å². The number of hydrogen-bond donors (Lipinski definition) is 1. The highest BCUT2D eigenvalue weighted by atomic mass is 19.4. The Balaban J connectivity index is 2.89. The van der Waals surface area contributed by atoms with Crippen molar-refractivity contribution >= 4 is 5.91 Å². The molecule has 1 amide bonds. The maximum atomic E-state index is 13.7. The van der Waals surface area contributed by atoms with E-state index in [0.717, 1.165) is 13.1 Å². The van der Waals surface area contributed by atoms with Crippen LogP contribution in [0.5, 0.6) is 0 Å². The molecule has 3 nitrogen and oxygen atoms in total.